The second-order valence-corrected chi connectivity index (χ2v) is 8.27. The zero-order valence-electron chi connectivity index (χ0n) is 14.1. The number of carboxylic acid groups (broad SMARTS) is 1. The molecule has 1 atom stereocenters. The van der Waals surface area contributed by atoms with Crippen LogP contribution in [0.25, 0.3) is 0 Å². The summed E-state index contributed by atoms with van der Waals surface area (Å²) >= 11 is 3.91. The lowest BCUT2D eigenvalue weighted by atomic mass is 10.2. The number of thioether (sulfide) groups is 2. The lowest BCUT2D eigenvalue weighted by Gasteiger charge is -2.21. The summed E-state index contributed by atoms with van der Waals surface area (Å²) in [5.74, 6) is 1.48. The molecular weight excluding hydrogens is 358 g/mol. The molecule has 1 aromatic carbocycles. The number of rotatable bonds is 8. The fourth-order valence-corrected chi connectivity index (χ4v) is 5.17. The predicted molar refractivity (Wildman–Crippen MR) is 103 cm³/mol. The molecule has 1 heterocycles. The van der Waals surface area contributed by atoms with Crippen molar-refractivity contribution < 1.29 is 19.4 Å². The van der Waals surface area contributed by atoms with Crippen LogP contribution in [-0.4, -0.2) is 41.1 Å². The third-order valence-electron chi connectivity index (χ3n) is 3.59. The van der Waals surface area contributed by atoms with E-state index in [4.69, 9.17) is 9.84 Å². The van der Waals surface area contributed by atoms with E-state index in [2.05, 4.69) is 5.32 Å². The lowest BCUT2D eigenvalue weighted by molar-refractivity contribution is -0.142. The maximum absolute atomic E-state index is 11.9. The average molecular weight is 382 g/mol. The summed E-state index contributed by atoms with van der Waals surface area (Å²) in [4.78, 5) is 23.0. The lowest BCUT2D eigenvalue weighted by Crippen LogP contribution is -2.42. The molecule has 1 saturated heterocycles. The Morgan fingerprint density at radius 3 is 2.60 bits per heavy atom. The standard InChI is InChI=1S/C18H23NO4S2/c1-2-3-5-15(17(21)22)19-16(20)12-23-14-8-6-13(7-9-14)18-24-10-4-11-25-18/h2-3,6-9,15,18H,4-5,10-12H2,1H3,(H,19,20)(H,21,22)/b3-2+. The van der Waals surface area contributed by atoms with Gasteiger partial charge in [-0.1, -0.05) is 24.3 Å². The normalized spacial score (nSPS) is 16.5. The van der Waals surface area contributed by atoms with E-state index in [9.17, 15) is 9.59 Å². The maximum Gasteiger partial charge on any atom is 0.326 e. The molecule has 0 spiro atoms. The minimum absolute atomic E-state index is 0.202. The number of nitrogens with one attached hydrogen (secondary N) is 1. The van der Waals surface area contributed by atoms with E-state index < -0.39 is 17.9 Å². The Morgan fingerprint density at radius 2 is 2.00 bits per heavy atom. The molecule has 136 valence electrons. The third kappa shape index (κ3) is 6.66. The molecule has 2 rings (SSSR count). The first-order valence-electron chi connectivity index (χ1n) is 8.19. The number of amides is 1. The maximum atomic E-state index is 11.9. The number of ether oxygens (including phenoxy) is 1. The summed E-state index contributed by atoms with van der Waals surface area (Å²) in [5, 5.41) is 11.6. The highest BCUT2D eigenvalue weighted by Crippen LogP contribution is 2.43. The third-order valence-corrected chi connectivity index (χ3v) is 6.61. The first-order chi connectivity index (χ1) is 12.1. The summed E-state index contributed by atoms with van der Waals surface area (Å²) in [6.45, 7) is 1.60. The van der Waals surface area contributed by atoms with Gasteiger partial charge < -0.3 is 15.2 Å². The van der Waals surface area contributed by atoms with Crippen LogP contribution < -0.4 is 10.1 Å². The Morgan fingerprint density at radius 1 is 1.32 bits per heavy atom. The van der Waals surface area contributed by atoms with Crippen LogP contribution in [0.1, 0.15) is 29.9 Å². The highest BCUT2D eigenvalue weighted by Gasteiger charge is 2.19. The van der Waals surface area contributed by atoms with Gasteiger partial charge in [0.05, 0.1) is 4.58 Å². The second kappa shape index (κ2) is 10.4. The van der Waals surface area contributed by atoms with Gasteiger partial charge in [-0.25, -0.2) is 4.79 Å². The van der Waals surface area contributed by atoms with Gasteiger partial charge in [0.2, 0.25) is 0 Å². The molecular formula is C18H23NO4S2. The fourth-order valence-electron chi connectivity index (χ4n) is 2.28. The number of hydrogen-bond acceptors (Lipinski definition) is 5. The summed E-state index contributed by atoms with van der Waals surface area (Å²) in [7, 11) is 0. The van der Waals surface area contributed by atoms with E-state index in [1.165, 1.54) is 23.5 Å². The summed E-state index contributed by atoms with van der Waals surface area (Å²) in [6, 6.07) is 6.82. The van der Waals surface area contributed by atoms with Gasteiger partial charge in [-0.3, -0.25) is 4.79 Å². The Bertz CT molecular complexity index is 598. The van der Waals surface area contributed by atoms with Gasteiger partial charge in [-0.05, 0) is 49.0 Å². The molecule has 0 bridgehead atoms. The zero-order valence-corrected chi connectivity index (χ0v) is 15.8. The number of carbonyl (C=O) groups excluding carboxylic acids is 1. The molecule has 1 aromatic rings. The monoisotopic (exact) mass is 381 g/mol. The van der Waals surface area contributed by atoms with Crippen molar-refractivity contribution in [1.82, 2.24) is 5.32 Å². The Kier molecular flexibility index (Phi) is 8.21. The number of aliphatic carboxylic acids is 1. The molecule has 1 amide bonds. The van der Waals surface area contributed by atoms with Crippen LogP contribution >= 0.6 is 23.5 Å². The molecule has 0 radical (unpaired) electrons. The van der Waals surface area contributed by atoms with Crippen LogP contribution in [0.15, 0.2) is 36.4 Å². The van der Waals surface area contributed by atoms with Crippen molar-refractivity contribution in [2.45, 2.75) is 30.4 Å². The van der Waals surface area contributed by atoms with E-state index in [0.717, 1.165) is 0 Å². The minimum Gasteiger partial charge on any atom is -0.484 e. The van der Waals surface area contributed by atoms with Crippen molar-refractivity contribution in [3.05, 3.63) is 42.0 Å². The average Bonchev–Trinajstić information content (AvgIpc) is 2.64. The Labute approximate surface area is 156 Å². The van der Waals surface area contributed by atoms with Gasteiger partial charge in [0.25, 0.3) is 5.91 Å². The van der Waals surface area contributed by atoms with Gasteiger partial charge in [-0.2, -0.15) is 0 Å². The van der Waals surface area contributed by atoms with Gasteiger partial charge in [0.15, 0.2) is 6.61 Å². The summed E-state index contributed by atoms with van der Waals surface area (Å²) in [6.07, 6.45) is 4.97. The molecule has 1 unspecified atom stereocenters. The van der Waals surface area contributed by atoms with Gasteiger partial charge in [0.1, 0.15) is 11.8 Å². The number of hydrogen-bond donors (Lipinski definition) is 2. The van der Waals surface area contributed by atoms with Crippen molar-refractivity contribution in [3.63, 3.8) is 0 Å². The minimum atomic E-state index is -1.06. The van der Waals surface area contributed by atoms with Gasteiger partial charge >= 0.3 is 5.97 Å². The molecule has 0 aliphatic carbocycles. The highest BCUT2D eigenvalue weighted by atomic mass is 32.2. The smallest absolute Gasteiger partial charge is 0.326 e. The molecule has 25 heavy (non-hydrogen) atoms. The topological polar surface area (TPSA) is 75.6 Å². The Balaban J connectivity index is 1.81. The van der Waals surface area contributed by atoms with Crippen molar-refractivity contribution in [2.24, 2.45) is 0 Å². The van der Waals surface area contributed by atoms with Crippen molar-refractivity contribution in [1.29, 1.82) is 0 Å². The predicted octanol–water partition coefficient (Wildman–Crippen LogP) is 3.47. The fraction of sp³-hybridized carbons (Fsp3) is 0.444. The van der Waals surface area contributed by atoms with Crippen molar-refractivity contribution in [3.8, 4) is 5.75 Å². The van der Waals surface area contributed by atoms with E-state index in [1.54, 1.807) is 19.1 Å². The number of carbonyl (C=O) groups is 2. The zero-order chi connectivity index (χ0) is 18.1. The Hall–Kier alpha value is -1.60. The van der Waals surface area contributed by atoms with Crippen molar-refractivity contribution in [2.75, 3.05) is 18.1 Å². The molecule has 2 N–H and O–H groups in total. The van der Waals surface area contributed by atoms with Crippen molar-refractivity contribution >= 4 is 35.4 Å². The van der Waals surface area contributed by atoms with E-state index in [1.807, 2.05) is 47.8 Å². The number of allylic oxidation sites excluding steroid dienone is 1. The molecule has 0 aromatic heterocycles. The van der Waals surface area contributed by atoms with E-state index >= 15 is 0 Å². The molecule has 7 heteroatoms. The van der Waals surface area contributed by atoms with Crippen LogP contribution in [0.4, 0.5) is 0 Å². The molecule has 1 fully saturated rings. The first-order valence-corrected chi connectivity index (χ1v) is 10.3. The van der Waals surface area contributed by atoms with Crippen LogP contribution in [0.2, 0.25) is 0 Å². The van der Waals surface area contributed by atoms with Crippen LogP contribution in [0.5, 0.6) is 5.75 Å². The van der Waals surface area contributed by atoms with Crippen LogP contribution in [-0.2, 0) is 9.59 Å². The van der Waals surface area contributed by atoms with E-state index in [-0.39, 0.29) is 13.0 Å². The van der Waals surface area contributed by atoms with Crippen LogP contribution in [0.3, 0.4) is 0 Å². The first kappa shape index (κ1) is 19.7. The second-order valence-electron chi connectivity index (χ2n) is 5.55. The summed E-state index contributed by atoms with van der Waals surface area (Å²) in [5.41, 5.74) is 1.25. The van der Waals surface area contributed by atoms with E-state index in [0.29, 0.717) is 10.3 Å². The SMILES string of the molecule is C/C=C/CC(NC(=O)COc1ccc(C2SCCCS2)cc1)C(=O)O. The molecule has 5 nitrogen and oxygen atoms in total. The number of carboxylic acids is 1. The molecule has 1 aliphatic rings. The highest BCUT2D eigenvalue weighted by molar-refractivity contribution is 8.16. The largest absolute Gasteiger partial charge is 0.484 e. The van der Waals surface area contributed by atoms with Gasteiger partial charge in [0, 0.05) is 0 Å². The molecule has 0 saturated carbocycles. The van der Waals surface area contributed by atoms with Gasteiger partial charge in [-0.15, -0.1) is 23.5 Å². The molecule has 1 aliphatic heterocycles. The number of benzene rings is 1. The quantitative estimate of drug-likeness (QED) is 0.672. The summed E-state index contributed by atoms with van der Waals surface area (Å²) < 4.78 is 5.93. The van der Waals surface area contributed by atoms with Crippen LogP contribution in [0, 0.1) is 0 Å².